The number of aliphatic hydroxyl groups excluding tert-OH is 1. The molecule has 3 atom stereocenters. The van der Waals surface area contributed by atoms with Gasteiger partial charge in [-0.3, -0.25) is 4.79 Å². The fourth-order valence-corrected chi connectivity index (χ4v) is 3.10. The standard InChI is InChI=1S/C19H29FN4O4/c1-24(2)11-18(26)23-16-8-7-15(28-17(16)12-25)9-10-21-19(27)22-14-5-3-13(20)4-6-14/h3-6,15-17,25H,7-12H2,1-2H3,(H,23,26)(H2,21,22,27). The predicted molar refractivity (Wildman–Crippen MR) is 104 cm³/mol. The van der Waals surface area contributed by atoms with Gasteiger partial charge in [-0.2, -0.15) is 0 Å². The number of benzene rings is 1. The number of nitrogens with one attached hydrogen (secondary N) is 3. The number of halogens is 1. The van der Waals surface area contributed by atoms with Crippen LogP contribution in [0.25, 0.3) is 0 Å². The Morgan fingerprint density at radius 3 is 2.61 bits per heavy atom. The smallest absolute Gasteiger partial charge is 0.319 e. The number of hydrogen-bond donors (Lipinski definition) is 4. The molecule has 1 aromatic rings. The zero-order valence-electron chi connectivity index (χ0n) is 16.3. The van der Waals surface area contributed by atoms with E-state index in [-0.39, 0.29) is 43.1 Å². The van der Waals surface area contributed by atoms with Crippen LogP contribution in [0.1, 0.15) is 19.3 Å². The number of amides is 3. The summed E-state index contributed by atoms with van der Waals surface area (Å²) in [6.07, 6.45) is 1.45. The molecule has 156 valence electrons. The summed E-state index contributed by atoms with van der Waals surface area (Å²) in [5, 5.41) is 17.8. The predicted octanol–water partition coefficient (Wildman–Crippen LogP) is 0.924. The highest BCUT2D eigenvalue weighted by Gasteiger charge is 2.31. The molecule has 0 radical (unpaired) electrons. The topological polar surface area (TPSA) is 103 Å². The van der Waals surface area contributed by atoms with Crippen molar-refractivity contribution < 1.29 is 23.8 Å². The average Bonchev–Trinajstić information content (AvgIpc) is 2.64. The maximum Gasteiger partial charge on any atom is 0.319 e. The van der Waals surface area contributed by atoms with Crippen LogP contribution in [0.5, 0.6) is 0 Å². The second-order valence-electron chi connectivity index (χ2n) is 7.14. The molecule has 4 N–H and O–H groups in total. The van der Waals surface area contributed by atoms with Gasteiger partial charge in [-0.15, -0.1) is 0 Å². The van der Waals surface area contributed by atoms with Crippen LogP contribution in [-0.2, 0) is 9.53 Å². The van der Waals surface area contributed by atoms with Gasteiger partial charge in [0.25, 0.3) is 0 Å². The summed E-state index contributed by atoms with van der Waals surface area (Å²) in [7, 11) is 3.63. The number of ether oxygens (including phenoxy) is 1. The number of anilines is 1. The van der Waals surface area contributed by atoms with E-state index >= 15 is 0 Å². The lowest BCUT2D eigenvalue weighted by Crippen LogP contribution is -2.52. The van der Waals surface area contributed by atoms with Crippen molar-refractivity contribution in [2.45, 2.75) is 37.5 Å². The molecule has 0 aromatic heterocycles. The second kappa shape index (κ2) is 10.9. The highest BCUT2D eigenvalue weighted by atomic mass is 19.1. The first-order valence-corrected chi connectivity index (χ1v) is 9.38. The summed E-state index contributed by atoms with van der Waals surface area (Å²) in [5.41, 5.74) is 0.504. The molecule has 0 aliphatic carbocycles. The van der Waals surface area contributed by atoms with E-state index in [0.717, 1.165) is 6.42 Å². The van der Waals surface area contributed by atoms with Crippen molar-refractivity contribution >= 4 is 17.6 Å². The third-order valence-corrected chi connectivity index (χ3v) is 4.46. The van der Waals surface area contributed by atoms with Crippen LogP contribution >= 0.6 is 0 Å². The molecule has 3 unspecified atom stereocenters. The largest absolute Gasteiger partial charge is 0.394 e. The minimum atomic E-state index is -0.460. The number of rotatable bonds is 8. The molecule has 9 heteroatoms. The van der Waals surface area contributed by atoms with Crippen molar-refractivity contribution in [2.75, 3.05) is 39.1 Å². The molecular formula is C19H29FN4O4. The Hall–Kier alpha value is -2.23. The summed E-state index contributed by atoms with van der Waals surface area (Å²) in [4.78, 5) is 25.6. The lowest BCUT2D eigenvalue weighted by Gasteiger charge is -2.36. The molecule has 0 bridgehead atoms. The van der Waals surface area contributed by atoms with Gasteiger partial charge in [-0.25, -0.2) is 9.18 Å². The summed E-state index contributed by atoms with van der Waals surface area (Å²) in [5.74, 6) is -0.468. The van der Waals surface area contributed by atoms with E-state index in [9.17, 15) is 19.1 Å². The average molecular weight is 396 g/mol. The second-order valence-corrected chi connectivity index (χ2v) is 7.14. The highest BCUT2D eigenvalue weighted by Crippen LogP contribution is 2.21. The molecule has 1 saturated heterocycles. The van der Waals surface area contributed by atoms with Gasteiger partial charge in [0, 0.05) is 12.2 Å². The molecule has 1 aliphatic rings. The van der Waals surface area contributed by atoms with E-state index in [2.05, 4.69) is 16.0 Å². The zero-order valence-corrected chi connectivity index (χ0v) is 16.3. The van der Waals surface area contributed by atoms with Crippen molar-refractivity contribution in [1.29, 1.82) is 0 Å². The summed E-state index contributed by atoms with van der Waals surface area (Å²) in [6.45, 7) is 0.501. The Morgan fingerprint density at radius 1 is 1.25 bits per heavy atom. The van der Waals surface area contributed by atoms with Crippen LogP contribution in [-0.4, -0.2) is 74.0 Å². The minimum absolute atomic E-state index is 0.102. The first-order valence-electron chi connectivity index (χ1n) is 9.38. The molecular weight excluding hydrogens is 367 g/mol. The summed E-state index contributed by atoms with van der Waals surface area (Å²) in [6, 6.07) is 4.91. The van der Waals surface area contributed by atoms with Gasteiger partial charge in [0.1, 0.15) is 11.9 Å². The van der Waals surface area contributed by atoms with E-state index in [1.165, 1.54) is 24.3 Å². The Bertz CT molecular complexity index is 641. The van der Waals surface area contributed by atoms with Crippen LogP contribution in [0.15, 0.2) is 24.3 Å². The van der Waals surface area contributed by atoms with E-state index < -0.39 is 6.10 Å². The number of urea groups is 1. The fraction of sp³-hybridized carbons (Fsp3) is 0.579. The number of hydrogen-bond acceptors (Lipinski definition) is 5. The number of aliphatic hydroxyl groups is 1. The third kappa shape index (κ3) is 7.41. The van der Waals surface area contributed by atoms with Crippen LogP contribution in [0.3, 0.4) is 0 Å². The summed E-state index contributed by atoms with van der Waals surface area (Å²) < 4.78 is 18.7. The lowest BCUT2D eigenvalue weighted by atomic mass is 9.97. The SMILES string of the molecule is CN(C)CC(=O)NC1CCC(CCNC(=O)Nc2ccc(F)cc2)OC1CO. The molecule has 0 spiro atoms. The van der Waals surface area contributed by atoms with E-state index in [4.69, 9.17) is 4.74 Å². The Morgan fingerprint density at radius 2 is 1.96 bits per heavy atom. The van der Waals surface area contributed by atoms with E-state index in [0.29, 0.717) is 25.1 Å². The first-order chi connectivity index (χ1) is 13.4. The number of likely N-dealkylation sites (N-methyl/N-ethyl adjacent to an activating group) is 1. The molecule has 28 heavy (non-hydrogen) atoms. The van der Waals surface area contributed by atoms with Crippen molar-refractivity contribution in [3.8, 4) is 0 Å². The maximum absolute atomic E-state index is 12.9. The molecule has 8 nitrogen and oxygen atoms in total. The van der Waals surface area contributed by atoms with Crippen LogP contribution in [0, 0.1) is 5.82 Å². The normalized spacial score (nSPS) is 22.0. The number of nitrogens with zero attached hydrogens (tertiary/aromatic N) is 1. The minimum Gasteiger partial charge on any atom is -0.394 e. The van der Waals surface area contributed by atoms with Gasteiger partial charge in [0.15, 0.2) is 0 Å². The molecule has 1 aliphatic heterocycles. The zero-order chi connectivity index (χ0) is 20.5. The lowest BCUT2D eigenvalue weighted by molar-refractivity contribution is -0.129. The maximum atomic E-state index is 12.9. The van der Waals surface area contributed by atoms with Gasteiger partial charge in [0.2, 0.25) is 5.91 Å². The van der Waals surface area contributed by atoms with Crippen LogP contribution in [0.2, 0.25) is 0 Å². The van der Waals surface area contributed by atoms with Crippen molar-refractivity contribution in [3.63, 3.8) is 0 Å². The molecule has 0 saturated carbocycles. The molecule has 3 amide bonds. The Labute approximate surface area is 164 Å². The Balaban J connectivity index is 1.70. The quantitative estimate of drug-likeness (QED) is 0.523. The summed E-state index contributed by atoms with van der Waals surface area (Å²) >= 11 is 0. The van der Waals surface area contributed by atoms with E-state index in [1.54, 1.807) is 4.90 Å². The molecule has 2 rings (SSSR count). The number of carbonyl (C=O) groups is 2. The molecule has 1 fully saturated rings. The highest BCUT2D eigenvalue weighted by molar-refractivity contribution is 5.89. The van der Waals surface area contributed by atoms with Crippen molar-refractivity contribution in [3.05, 3.63) is 30.1 Å². The Kier molecular flexibility index (Phi) is 8.62. The van der Waals surface area contributed by atoms with Crippen molar-refractivity contribution in [2.24, 2.45) is 0 Å². The fourth-order valence-electron chi connectivity index (χ4n) is 3.10. The molecule has 1 aromatic carbocycles. The van der Waals surface area contributed by atoms with Gasteiger partial charge >= 0.3 is 6.03 Å². The third-order valence-electron chi connectivity index (χ3n) is 4.46. The van der Waals surface area contributed by atoms with Gasteiger partial charge < -0.3 is 30.7 Å². The van der Waals surface area contributed by atoms with Crippen molar-refractivity contribution in [1.82, 2.24) is 15.5 Å². The van der Waals surface area contributed by atoms with Crippen LogP contribution < -0.4 is 16.0 Å². The van der Waals surface area contributed by atoms with E-state index in [1.807, 2.05) is 14.1 Å². The first kappa shape index (κ1) is 22.1. The monoisotopic (exact) mass is 396 g/mol. The van der Waals surface area contributed by atoms with Gasteiger partial charge in [-0.05, 0) is 57.6 Å². The number of carbonyl (C=O) groups excluding carboxylic acids is 2. The van der Waals surface area contributed by atoms with Gasteiger partial charge in [-0.1, -0.05) is 0 Å². The van der Waals surface area contributed by atoms with Crippen LogP contribution in [0.4, 0.5) is 14.9 Å². The van der Waals surface area contributed by atoms with Gasteiger partial charge in [0.05, 0.1) is 25.3 Å². The molecule has 1 heterocycles.